The minimum absolute atomic E-state index is 0.236. The first kappa shape index (κ1) is 20.6. The average Bonchev–Trinajstić information content (AvgIpc) is 3.23. The number of anilines is 2. The summed E-state index contributed by atoms with van der Waals surface area (Å²) < 4.78 is 5.81. The van der Waals surface area contributed by atoms with Crippen LogP contribution in [0.2, 0.25) is 10.0 Å². The van der Waals surface area contributed by atoms with Gasteiger partial charge in [0.2, 0.25) is 5.91 Å². The topological polar surface area (TPSA) is 45.5 Å². The van der Waals surface area contributed by atoms with Gasteiger partial charge in [-0.15, -0.1) is 0 Å². The van der Waals surface area contributed by atoms with Crippen molar-refractivity contribution in [3.05, 3.63) is 76.5 Å². The standard InChI is InChI=1S/C24H22Cl2N2O2/c25-18-9-7-17(8-10-18)22-13-11-19(30-22)12-14-23(29)27-21-6-4-5-20(26)24(21)28-15-2-1-3-16-28/h4-14H,1-3,15-16H2,(H,27,29). The minimum atomic E-state index is -0.236. The van der Waals surface area contributed by atoms with Gasteiger partial charge in [0.05, 0.1) is 16.4 Å². The molecule has 1 N–H and O–H groups in total. The number of para-hydroxylation sites is 1. The number of nitrogens with zero attached hydrogens (tertiary/aromatic N) is 1. The Kier molecular flexibility index (Phi) is 6.46. The molecule has 1 fully saturated rings. The van der Waals surface area contributed by atoms with E-state index in [1.165, 1.54) is 12.5 Å². The van der Waals surface area contributed by atoms with E-state index in [1.54, 1.807) is 6.08 Å². The lowest BCUT2D eigenvalue weighted by Crippen LogP contribution is -2.30. The molecule has 1 aliphatic rings. The van der Waals surface area contributed by atoms with Gasteiger partial charge in [-0.1, -0.05) is 29.3 Å². The molecule has 2 aromatic carbocycles. The van der Waals surface area contributed by atoms with Crippen molar-refractivity contribution in [2.75, 3.05) is 23.3 Å². The number of carbonyl (C=O) groups excluding carboxylic acids is 1. The first-order valence-electron chi connectivity index (χ1n) is 9.98. The summed E-state index contributed by atoms with van der Waals surface area (Å²) in [5, 5.41) is 4.28. The van der Waals surface area contributed by atoms with E-state index in [1.807, 2.05) is 54.6 Å². The molecule has 3 aromatic rings. The molecule has 0 unspecified atom stereocenters. The van der Waals surface area contributed by atoms with Crippen LogP contribution in [0.3, 0.4) is 0 Å². The quantitative estimate of drug-likeness (QED) is 0.438. The number of hydrogen-bond donors (Lipinski definition) is 1. The van der Waals surface area contributed by atoms with Gasteiger partial charge in [-0.3, -0.25) is 4.79 Å². The van der Waals surface area contributed by atoms with Crippen LogP contribution in [0.25, 0.3) is 17.4 Å². The largest absolute Gasteiger partial charge is 0.457 e. The van der Waals surface area contributed by atoms with Gasteiger partial charge in [0.15, 0.2) is 0 Å². The zero-order chi connectivity index (χ0) is 20.9. The Balaban J connectivity index is 1.46. The van der Waals surface area contributed by atoms with Crippen molar-refractivity contribution >= 4 is 46.6 Å². The van der Waals surface area contributed by atoms with Gasteiger partial charge in [-0.25, -0.2) is 0 Å². The molecule has 0 bridgehead atoms. The van der Waals surface area contributed by atoms with Gasteiger partial charge in [-0.2, -0.15) is 0 Å². The maximum atomic E-state index is 12.5. The number of piperidine rings is 1. The lowest BCUT2D eigenvalue weighted by Gasteiger charge is -2.31. The lowest BCUT2D eigenvalue weighted by molar-refractivity contribution is -0.111. The van der Waals surface area contributed by atoms with Crippen molar-refractivity contribution in [2.24, 2.45) is 0 Å². The van der Waals surface area contributed by atoms with Crippen LogP contribution in [-0.4, -0.2) is 19.0 Å². The van der Waals surface area contributed by atoms with E-state index >= 15 is 0 Å². The third-order valence-electron chi connectivity index (χ3n) is 5.07. The third-order valence-corrected chi connectivity index (χ3v) is 5.63. The zero-order valence-corrected chi connectivity index (χ0v) is 17.9. The molecule has 30 heavy (non-hydrogen) atoms. The number of rotatable bonds is 5. The third kappa shape index (κ3) is 4.89. The summed E-state index contributed by atoms with van der Waals surface area (Å²) >= 11 is 12.4. The molecule has 4 nitrogen and oxygen atoms in total. The summed E-state index contributed by atoms with van der Waals surface area (Å²) in [5.41, 5.74) is 2.54. The van der Waals surface area contributed by atoms with Crippen LogP contribution in [0, 0.1) is 0 Å². The molecule has 154 valence electrons. The summed E-state index contributed by atoms with van der Waals surface area (Å²) in [6, 6.07) is 16.7. The molecular weight excluding hydrogens is 419 g/mol. The minimum Gasteiger partial charge on any atom is -0.457 e. The highest BCUT2D eigenvalue weighted by molar-refractivity contribution is 6.34. The molecule has 1 saturated heterocycles. The summed E-state index contributed by atoms with van der Waals surface area (Å²) in [6.07, 6.45) is 6.61. The molecule has 0 atom stereocenters. The van der Waals surface area contributed by atoms with E-state index in [2.05, 4.69) is 10.2 Å². The second-order valence-electron chi connectivity index (χ2n) is 7.22. The molecule has 2 heterocycles. The Labute approximate surface area is 186 Å². The van der Waals surface area contributed by atoms with Gasteiger partial charge in [0, 0.05) is 29.8 Å². The van der Waals surface area contributed by atoms with Crippen molar-refractivity contribution in [2.45, 2.75) is 19.3 Å². The van der Waals surface area contributed by atoms with Crippen LogP contribution in [0.5, 0.6) is 0 Å². The number of amides is 1. The smallest absolute Gasteiger partial charge is 0.248 e. The monoisotopic (exact) mass is 440 g/mol. The molecule has 0 aliphatic carbocycles. The van der Waals surface area contributed by atoms with Crippen LogP contribution in [0.1, 0.15) is 25.0 Å². The van der Waals surface area contributed by atoms with Crippen LogP contribution < -0.4 is 10.2 Å². The van der Waals surface area contributed by atoms with Gasteiger partial charge >= 0.3 is 0 Å². The van der Waals surface area contributed by atoms with E-state index in [0.717, 1.165) is 42.9 Å². The van der Waals surface area contributed by atoms with E-state index in [4.69, 9.17) is 27.6 Å². The predicted molar refractivity (Wildman–Crippen MR) is 124 cm³/mol. The van der Waals surface area contributed by atoms with E-state index < -0.39 is 0 Å². The Bertz CT molecular complexity index is 1050. The van der Waals surface area contributed by atoms with Gasteiger partial charge in [-0.05, 0) is 73.9 Å². The Morgan fingerprint density at radius 3 is 2.50 bits per heavy atom. The average molecular weight is 441 g/mol. The molecule has 0 radical (unpaired) electrons. The van der Waals surface area contributed by atoms with Crippen LogP contribution in [0.15, 0.2) is 65.1 Å². The van der Waals surface area contributed by atoms with E-state index in [0.29, 0.717) is 21.6 Å². The van der Waals surface area contributed by atoms with Crippen molar-refractivity contribution in [1.82, 2.24) is 0 Å². The van der Waals surface area contributed by atoms with Gasteiger partial charge in [0.25, 0.3) is 0 Å². The normalized spacial score (nSPS) is 14.3. The van der Waals surface area contributed by atoms with Crippen molar-refractivity contribution in [3.63, 3.8) is 0 Å². The highest BCUT2D eigenvalue weighted by Gasteiger charge is 2.18. The molecule has 0 saturated carbocycles. The summed E-state index contributed by atoms with van der Waals surface area (Å²) in [6.45, 7) is 1.89. The summed E-state index contributed by atoms with van der Waals surface area (Å²) in [5.74, 6) is 1.08. The fraction of sp³-hybridized carbons (Fsp3) is 0.208. The highest BCUT2D eigenvalue weighted by atomic mass is 35.5. The van der Waals surface area contributed by atoms with Crippen molar-refractivity contribution in [1.29, 1.82) is 0 Å². The van der Waals surface area contributed by atoms with Crippen molar-refractivity contribution < 1.29 is 9.21 Å². The molecule has 0 spiro atoms. The van der Waals surface area contributed by atoms with Gasteiger partial charge in [0.1, 0.15) is 11.5 Å². The SMILES string of the molecule is O=C(C=Cc1ccc(-c2ccc(Cl)cc2)o1)Nc1cccc(Cl)c1N1CCCCC1. The van der Waals surface area contributed by atoms with E-state index in [-0.39, 0.29) is 5.91 Å². The van der Waals surface area contributed by atoms with Crippen molar-refractivity contribution in [3.8, 4) is 11.3 Å². The molecule has 1 aromatic heterocycles. The number of hydrogen-bond acceptors (Lipinski definition) is 3. The Morgan fingerprint density at radius 2 is 1.73 bits per heavy atom. The molecular formula is C24H22Cl2N2O2. The zero-order valence-electron chi connectivity index (χ0n) is 16.4. The first-order valence-corrected chi connectivity index (χ1v) is 10.7. The molecule has 6 heteroatoms. The molecule has 4 rings (SSSR count). The van der Waals surface area contributed by atoms with Gasteiger partial charge < -0.3 is 14.6 Å². The number of halogens is 2. The highest BCUT2D eigenvalue weighted by Crippen LogP contribution is 2.35. The Hall–Kier alpha value is -2.69. The molecule has 1 aliphatic heterocycles. The number of furan rings is 1. The number of benzene rings is 2. The van der Waals surface area contributed by atoms with E-state index in [9.17, 15) is 4.79 Å². The number of carbonyl (C=O) groups is 1. The lowest BCUT2D eigenvalue weighted by atomic mass is 10.1. The number of nitrogens with one attached hydrogen (secondary N) is 1. The van der Waals surface area contributed by atoms with Crippen LogP contribution >= 0.6 is 23.2 Å². The maximum absolute atomic E-state index is 12.5. The molecule has 1 amide bonds. The first-order chi connectivity index (χ1) is 14.6. The second kappa shape index (κ2) is 9.41. The second-order valence-corrected chi connectivity index (χ2v) is 8.06. The summed E-state index contributed by atoms with van der Waals surface area (Å²) in [4.78, 5) is 14.8. The maximum Gasteiger partial charge on any atom is 0.248 e. The fourth-order valence-electron chi connectivity index (χ4n) is 3.60. The van der Waals surface area contributed by atoms with Crippen LogP contribution in [0.4, 0.5) is 11.4 Å². The fourth-order valence-corrected chi connectivity index (χ4v) is 4.02. The predicted octanol–water partition coefficient (Wildman–Crippen LogP) is 6.90. The Morgan fingerprint density at radius 1 is 0.967 bits per heavy atom. The summed E-state index contributed by atoms with van der Waals surface area (Å²) in [7, 11) is 0. The van der Waals surface area contributed by atoms with Crippen LogP contribution in [-0.2, 0) is 4.79 Å².